The molecule has 0 bridgehead atoms. The fourth-order valence-corrected chi connectivity index (χ4v) is 3.78. The first kappa shape index (κ1) is 21.8. The molecule has 0 fully saturated rings. The van der Waals surface area contributed by atoms with Crippen molar-refractivity contribution in [3.8, 4) is 0 Å². The van der Waals surface area contributed by atoms with Crippen molar-refractivity contribution in [3.05, 3.63) is 77.9 Å². The average Bonchev–Trinajstić information content (AvgIpc) is 2.66. The van der Waals surface area contributed by atoms with E-state index in [-0.39, 0.29) is 29.3 Å². The zero-order valence-electron chi connectivity index (χ0n) is 17.5. The van der Waals surface area contributed by atoms with E-state index in [2.05, 4.69) is 27.7 Å². The van der Waals surface area contributed by atoms with Gasteiger partial charge < -0.3 is 0 Å². The fourth-order valence-electron chi connectivity index (χ4n) is 3.78. The van der Waals surface area contributed by atoms with Crippen molar-refractivity contribution in [2.24, 2.45) is 17.8 Å². The van der Waals surface area contributed by atoms with E-state index in [1.165, 1.54) is 0 Å². The number of carbonyl (C=O) groups is 2. The molecule has 0 aliphatic heterocycles. The number of Topliss-reactive ketones (excluding diaryl/α,β-unsaturated/α-hetero) is 1. The van der Waals surface area contributed by atoms with Crippen LogP contribution in [0.5, 0.6) is 0 Å². The molecule has 2 aromatic rings. The lowest BCUT2D eigenvalue weighted by Crippen LogP contribution is -2.28. The molecule has 2 aromatic carbocycles. The van der Waals surface area contributed by atoms with Gasteiger partial charge in [0.15, 0.2) is 5.78 Å². The SMILES string of the molecule is CC(C)CC(=O)CC(c1ccccc1)C(C(=O)/C=C/c1ccccc1)C(C)C. The highest BCUT2D eigenvalue weighted by molar-refractivity contribution is 5.96. The minimum absolute atomic E-state index is 0.0880. The lowest BCUT2D eigenvalue weighted by molar-refractivity contribution is -0.122. The average molecular weight is 377 g/mol. The van der Waals surface area contributed by atoms with Gasteiger partial charge >= 0.3 is 0 Å². The van der Waals surface area contributed by atoms with Crippen LogP contribution in [0.2, 0.25) is 0 Å². The molecule has 2 nitrogen and oxygen atoms in total. The van der Waals surface area contributed by atoms with Crippen LogP contribution in [0.3, 0.4) is 0 Å². The van der Waals surface area contributed by atoms with E-state index in [1.807, 2.05) is 66.7 Å². The van der Waals surface area contributed by atoms with Gasteiger partial charge in [0.25, 0.3) is 0 Å². The summed E-state index contributed by atoms with van der Waals surface area (Å²) in [6.07, 6.45) is 4.52. The highest BCUT2D eigenvalue weighted by Crippen LogP contribution is 2.35. The first-order chi connectivity index (χ1) is 13.4. The molecule has 0 aromatic heterocycles. The molecule has 2 heteroatoms. The molecule has 0 saturated carbocycles. The number of rotatable bonds is 10. The molecular formula is C26H32O2. The minimum atomic E-state index is -0.224. The van der Waals surface area contributed by atoms with Gasteiger partial charge in [0.2, 0.25) is 0 Å². The van der Waals surface area contributed by atoms with E-state index in [9.17, 15) is 9.59 Å². The third-order valence-corrected chi connectivity index (χ3v) is 5.03. The third kappa shape index (κ3) is 6.60. The number of carbonyl (C=O) groups excluding carboxylic acids is 2. The van der Waals surface area contributed by atoms with E-state index in [4.69, 9.17) is 0 Å². The predicted molar refractivity (Wildman–Crippen MR) is 117 cm³/mol. The highest BCUT2D eigenvalue weighted by Gasteiger charge is 2.32. The molecule has 0 aliphatic carbocycles. The van der Waals surface area contributed by atoms with Crippen molar-refractivity contribution in [2.45, 2.75) is 46.5 Å². The third-order valence-electron chi connectivity index (χ3n) is 5.03. The number of hydrogen-bond donors (Lipinski definition) is 0. The molecule has 0 aliphatic rings. The Bertz CT molecular complexity index is 773. The van der Waals surface area contributed by atoms with Gasteiger partial charge in [0.05, 0.1) is 0 Å². The highest BCUT2D eigenvalue weighted by atomic mass is 16.1. The van der Waals surface area contributed by atoms with Crippen molar-refractivity contribution in [3.63, 3.8) is 0 Å². The van der Waals surface area contributed by atoms with Gasteiger partial charge in [-0.1, -0.05) is 94.4 Å². The summed E-state index contributed by atoms with van der Waals surface area (Å²) >= 11 is 0. The van der Waals surface area contributed by atoms with Gasteiger partial charge in [-0.05, 0) is 29.0 Å². The number of allylic oxidation sites excluding steroid dienone is 1. The Morgan fingerprint density at radius 1 is 0.821 bits per heavy atom. The second-order valence-corrected chi connectivity index (χ2v) is 8.27. The van der Waals surface area contributed by atoms with Crippen LogP contribution in [0.15, 0.2) is 66.7 Å². The zero-order chi connectivity index (χ0) is 20.5. The smallest absolute Gasteiger partial charge is 0.159 e. The quantitative estimate of drug-likeness (QED) is 0.454. The molecule has 0 amide bonds. The van der Waals surface area contributed by atoms with Crippen molar-refractivity contribution in [1.82, 2.24) is 0 Å². The van der Waals surface area contributed by atoms with Gasteiger partial charge in [-0.2, -0.15) is 0 Å². The van der Waals surface area contributed by atoms with Crippen LogP contribution >= 0.6 is 0 Å². The molecule has 0 N–H and O–H groups in total. The second kappa shape index (κ2) is 10.8. The van der Waals surface area contributed by atoms with Gasteiger partial charge in [0, 0.05) is 24.7 Å². The second-order valence-electron chi connectivity index (χ2n) is 8.27. The van der Waals surface area contributed by atoms with Gasteiger partial charge in [-0.15, -0.1) is 0 Å². The molecule has 0 saturated heterocycles. The summed E-state index contributed by atoms with van der Waals surface area (Å²) in [6.45, 7) is 8.26. The summed E-state index contributed by atoms with van der Waals surface area (Å²) in [5, 5.41) is 0. The molecule has 2 rings (SSSR count). The molecular weight excluding hydrogens is 344 g/mol. The number of hydrogen-bond acceptors (Lipinski definition) is 2. The molecule has 2 atom stereocenters. The van der Waals surface area contributed by atoms with E-state index >= 15 is 0 Å². The van der Waals surface area contributed by atoms with Crippen LogP contribution in [0.25, 0.3) is 6.08 Å². The molecule has 2 unspecified atom stereocenters. The van der Waals surface area contributed by atoms with Crippen molar-refractivity contribution < 1.29 is 9.59 Å². The number of ketones is 2. The van der Waals surface area contributed by atoms with Crippen molar-refractivity contribution >= 4 is 17.6 Å². The summed E-state index contributed by atoms with van der Waals surface area (Å²) < 4.78 is 0. The van der Waals surface area contributed by atoms with Crippen LogP contribution in [0, 0.1) is 17.8 Å². The van der Waals surface area contributed by atoms with Crippen molar-refractivity contribution in [2.75, 3.05) is 0 Å². The monoisotopic (exact) mass is 376 g/mol. The lowest BCUT2D eigenvalue weighted by Gasteiger charge is -2.29. The number of benzene rings is 2. The van der Waals surface area contributed by atoms with Crippen LogP contribution in [0.1, 0.15) is 57.6 Å². The maximum absolute atomic E-state index is 13.2. The molecule has 0 spiro atoms. The van der Waals surface area contributed by atoms with Gasteiger partial charge in [0.1, 0.15) is 5.78 Å². The molecule has 0 radical (unpaired) electrons. The first-order valence-electron chi connectivity index (χ1n) is 10.2. The summed E-state index contributed by atoms with van der Waals surface area (Å²) in [7, 11) is 0. The molecule has 28 heavy (non-hydrogen) atoms. The maximum Gasteiger partial charge on any atom is 0.159 e. The predicted octanol–water partition coefficient (Wildman–Crippen LogP) is 6.33. The Hall–Kier alpha value is -2.48. The molecule has 0 heterocycles. The minimum Gasteiger partial charge on any atom is -0.300 e. The Labute approximate surface area is 169 Å². The molecule has 148 valence electrons. The Kier molecular flexibility index (Phi) is 8.38. The van der Waals surface area contributed by atoms with Crippen LogP contribution in [-0.4, -0.2) is 11.6 Å². The zero-order valence-corrected chi connectivity index (χ0v) is 17.5. The topological polar surface area (TPSA) is 34.1 Å². The van der Waals surface area contributed by atoms with E-state index in [0.717, 1.165) is 11.1 Å². The lowest BCUT2D eigenvalue weighted by atomic mass is 9.73. The first-order valence-corrected chi connectivity index (χ1v) is 10.2. The van der Waals surface area contributed by atoms with E-state index in [1.54, 1.807) is 6.08 Å². The Balaban J connectivity index is 2.31. The van der Waals surface area contributed by atoms with Gasteiger partial charge in [-0.25, -0.2) is 0 Å². The van der Waals surface area contributed by atoms with Gasteiger partial charge in [-0.3, -0.25) is 9.59 Å². The largest absolute Gasteiger partial charge is 0.300 e. The maximum atomic E-state index is 13.2. The summed E-state index contributed by atoms with van der Waals surface area (Å²) in [5.41, 5.74) is 2.07. The van der Waals surface area contributed by atoms with Crippen molar-refractivity contribution in [1.29, 1.82) is 0 Å². The summed E-state index contributed by atoms with van der Waals surface area (Å²) in [6, 6.07) is 19.9. The Morgan fingerprint density at radius 3 is 1.93 bits per heavy atom. The summed E-state index contributed by atoms with van der Waals surface area (Å²) in [5.74, 6) is 0.471. The van der Waals surface area contributed by atoms with E-state index < -0.39 is 0 Å². The summed E-state index contributed by atoms with van der Waals surface area (Å²) in [4.78, 5) is 25.8. The van der Waals surface area contributed by atoms with Crippen LogP contribution < -0.4 is 0 Å². The van der Waals surface area contributed by atoms with E-state index in [0.29, 0.717) is 18.8 Å². The normalized spacial score (nSPS) is 13.8. The Morgan fingerprint density at radius 2 is 1.39 bits per heavy atom. The standard InChI is InChI=1S/C26H32O2/c1-19(2)17-23(27)18-24(22-13-9-6-10-14-22)26(20(3)4)25(28)16-15-21-11-7-5-8-12-21/h5-16,19-20,24,26H,17-18H2,1-4H3/b16-15+. The van der Waals surface area contributed by atoms with Crippen LogP contribution in [0.4, 0.5) is 0 Å². The van der Waals surface area contributed by atoms with Crippen LogP contribution in [-0.2, 0) is 9.59 Å². The fraction of sp³-hybridized carbons (Fsp3) is 0.385.